The first kappa shape index (κ1) is 12.4. The van der Waals surface area contributed by atoms with Gasteiger partial charge in [0.05, 0.1) is 5.92 Å². The molecule has 17 heavy (non-hydrogen) atoms. The van der Waals surface area contributed by atoms with E-state index in [1.807, 2.05) is 0 Å². The molecule has 2 atom stereocenters. The molecular formula is C12H20N2O3. The lowest BCUT2D eigenvalue weighted by Crippen LogP contribution is -2.52. The van der Waals surface area contributed by atoms with Crippen LogP contribution in [-0.4, -0.2) is 47.6 Å². The molecule has 0 radical (unpaired) electrons. The average molecular weight is 240 g/mol. The van der Waals surface area contributed by atoms with E-state index in [4.69, 9.17) is 5.11 Å². The number of nitrogens with one attached hydrogen (secondary N) is 1. The Labute approximate surface area is 101 Å². The predicted octanol–water partition coefficient (Wildman–Crippen LogP) is 0.452. The van der Waals surface area contributed by atoms with Crippen LogP contribution in [0.1, 0.15) is 32.1 Å². The lowest BCUT2D eigenvalue weighted by molar-refractivity contribution is -0.154. The van der Waals surface area contributed by atoms with E-state index >= 15 is 0 Å². The molecule has 5 heteroatoms. The van der Waals surface area contributed by atoms with Crippen LogP contribution in [0.2, 0.25) is 0 Å². The van der Waals surface area contributed by atoms with Gasteiger partial charge in [-0.1, -0.05) is 0 Å². The smallest absolute Gasteiger partial charge is 0.326 e. The van der Waals surface area contributed by atoms with Crippen LogP contribution in [-0.2, 0) is 9.59 Å². The number of carboxylic acid groups (broad SMARTS) is 1. The lowest BCUT2D eigenvalue weighted by Gasteiger charge is -2.36. The fraction of sp³-hybridized carbons (Fsp3) is 0.833. The summed E-state index contributed by atoms with van der Waals surface area (Å²) in [5, 5.41) is 12.4. The van der Waals surface area contributed by atoms with E-state index in [-0.39, 0.29) is 11.8 Å². The van der Waals surface area contributed by atoms with Gasteiger partial charge in [-0.05, 0) is 38.6 Å². The fourth-order valence-corrected chi connectivity index (χ4v) is 2.75. The van der Waals surface area contributed by atoms with Gasteiger partial charge in [0.25, 0.3) is 0 Å². The van der Waals surface area contributed by atoms with Crippen LogP contribution in [0, 0.1) is 5.92 Å². The molecular weight excluding hydrogens is 220 g/mol. The second-order valence-corrected chi connectivity index (χ2v) is 4.92. The summed E-state index contributed by atoms with van der Waals surface area (Å²) in [5.74, 6) is -0.852. The molecule has 2 aliphatic rings. The second-order valence-electron chi connectivity index (χ2n) is 4.92. The Kier molecular flexibility index (Phi) is 3.99. The molecule has 0 spiro atoms. The molecule has 2 fully saturated rings. The fourth-order valence-electron chi connectivity index (χ4n) is 2.75. The van der Waals surface area contributed by atoms with Crippen molar-refractivity contribution in [3.8, 4) is 0 Å². The highest BCUT2D eigenvalue weighted by atomic mass is 16.4. The highest BCUT2D eigenvalue weighted by Gasteiger charge is 2.35. The third-order valence-electron chi connectivity index (χ3n) is 3.72. The van der Waals surface area contributed by atoms with Crippen molar-refractivity contribution in [1.29, 1.82) is 0 Å². The van der Waals surface area contributed by atoms with E-state index in [2.05, 4.69) is 5.32 Å². The molecule has 2 saturated heterocycles. The summed E-state index contributed by atoms with van der Waals surface area (Å²) in [6.07, 6.45) is 4.32. The van der Waals surface area contributed by atoms with Crippen LogP contribution in [0.15, 0.2) is 0 Å². The Morgan fingerprint density at radius 2 is 2.00 bits per heavy atom. The van der Waals surface area contributed by atoms with E-state index in [0.717, 1.165) is 32.2 Å². The Balaban J connectivity index is 2.02. The topological polar surface area (TPSA) is 69.6 Å². The van der Waals surface area contributed by atoms with E-state index in [0.29, 0.717) is 19.5 Å². The molecule has 1 unspecified atom stereocenters. The van der Waals surface area contributed by atoms with Crippen molar-refractivity contribution in [1.82, 2.24) is 10.2 Å². The van der Waals surface area contributed by atoms with Crippen LogP contribution < -0.4 is 5.32 Å². The number of hydrogen-bond acceptors (Lipinski definition) is 3. The van der Waals surface area contributed by atoms with Crippen molar-refractivity contribution in [2.24, 2.45) is 5.92 Å². The zero-order valence-electron chi connectivity index (χ0n) is 10.0. The van der Waals surface area contributed by atoms with Crippen LogP contribution >= 0.6 is 0 Å². The van der Waals surface area contributed by atoms with Gasteiger partial charge in [0.15, 0.2) is 0 Å². The van der Waals surface area contributed by atoms with E-state index in [9.17, 15) is 9.59 Å². The molecule has 1 amide bonds. The summed E-state index contributed by atoms with van der Waals surface area (Å²) in [4.78, 5) is 25.0. The standard InChI is InChI=1S/C12H20N2O3/c15-11(9-4-3-6-13-8-9)14-7-2-1-5-10(14)12(16)17/h9-10,13H,1-8H2,(H,16,17)/t9-,10?/m0/s1. The number of hydrogen-bond donors (Lipinski definition) is 2. The summed E-state index contributed by atoms with van der Waals surface area (Å²) in [6, 6.07) is -0.599. The number of carbonyl (C=O) groups excluding carboxylic acids is 1. The van der Waals surface area contributed by atoms with Crippen molar-refractivity contribution in [2.75, 3.05) is 19.6 Å². The van der Waals surface area contributed by atoms with Crippen LogP contribution in [0.5, 0.6) is 0 Å². The summed E-state index contributed by atoms with van der Waals surface area (Å²) in [6.45, 7) is 2.26. The Hall–Kier alpha value is -1.10. The van der Waals surface area contributed by atoms with Gasteiger partial charge in [-0.2, -0.15) is 0 Å². The molecule has 0 aromatic rings. The molecule has 5 nitrogen and oxygen atoms in total. The van der Waals surface area contributed by atoms with E-state index < -0.39 is 12.0 Å². The largest absolute Gasteiger partial charge is 0.480 e. The first-order valence-electron chi connectivity index (χ1n) is 6.44. The number of carboxylic acids is 1. The molecule has 0 aliphatic carbocycles. The first-order valence-corrected chi connectivity index (χ1v) is 6.44. The molecule has 0 saturated carbocycles. The zero-order valence-corrected chi connectivity index (χ0v) is 10.0. The molecule has 0 bridgehead atoms. The van der Waals surface area contributed by atoms with E-state index in [1.165, 1.54) is 0 Å². The number of amides is 1. The Bertz CT molecular complexity index is 300. The third kappa shape index (κ3) is 2.77. The van der Waals surface area contributed by atoms with Gasteiger partial charge in [-0.15, -0.1) is 0 Å². The number of carbonyl (C=O) groups is 2. The quantitative estimate of drug-likeness (QED) is 0.735. The Morgan fingerprint density at radius 3 is 2.65 bits per heavy atom. The van der Waals surface area contributed by atoms with Gasteiger partial charge < -0.3 is 15.3 Å². The van der Waals surface area contributed by atoms with Crippen LogP contribution in [0.4, 0.5) is 0 Å². The minimum atomic E-state index is -0.859. The average Bonchev–Trinajstić information content (AvgIpc) is 2.39. The van der Waals surface area contributed by atoms with Crippen molar-refractivity contribution in [3.05, 3.63) is 0 Å². The molecule has 2 heterocycles. The first-order chi connectivity index (χ1) is 8.20. The molecule has 96 valence electrons. The number of piperidine rings is 2. The maximum atomic E-state index is 12.3. The van der Waals surface area contributed by atoms with Gasteiger partial charge in [0, 0.05) is 13.1 Å². The molecule has 0 aromatic heterocycles. The normalized spacial score (nSPS) is 30.0. The van der Waals surface area contributed by atoms with Gasteiger partial charge in [-0.25, -0.2) is 4.79 Å². The molecule has 2 N–H and O–H groups in total. The van der Waals surface area contributed by atoms with Gasteiger partial charge >= 0.3 is 5.97 Å². The molecule has 0 aromatic carbocycles. The number of rotatable bonds is 2. The zero-order chi connectivity index (χ0) is 12.3. The number of aliphatic carboxylic acids is 1. The third-order valence-corrected chi connectivity index (χ3v) is 3.72. The van der Waals surface area contributed by atoms with Crippen molar-refractivity contribution < 1.29 is 14.7 Å². The highest BCUT2D eigenvalue weighted by Crippen LogP contribution is 2.22. The molecule has 2 aliphatic heterocycles. The summed E-state index contributed by atoms with van der Waals surface area (Å²) in [7, 11) is 0. The second kappa shape index (κ2) is 5.49. The number of likely N-dealkylation sites (tertiary alicyclic amines) is 1. The Morgan fingerprint density at radius 1 is 1.18 bits per heavy atom. The van der Waals surface area contributed by atoms with Gasteiger partial charge in [0.1, 0.15) is 6.04 Å². The maximum absolute atomic E-state index is 12.3. The predicted molar refractivity (Wildman–Crippen MR) is 62.6 cm³/mol. The summed E-state index contributed by atoms with van der Waals surface area (Å²) < 4.78 is 0. The van der Waals surface area contributed by atoms with Crippen LogP contribution in [0.25, 0.3) is 0 Å². The summed E-state index contributed by atoms with van der Waals surface area (Å²) in [5.41, 5.74) is 0. The maximum Gasteiger partial charge on any atom is 0.326 e. The van der Waals surface area contributed by atoms with Gasteiger partial charge in [-0.3, -0.25) is 4.79 Å². The minimum absolute atomic E-state index is 0.0244. The van der Waals surface area contributed by atoms with Crippen molar-refractivity contribution in [3.63, 3.8) is 0 Å². The highest BCUT2D eigenvalue weighted by molar-refractivity contribution is 5.85. The van der Waals surface area contributed by atoms with Crippen molar-refractivity contribution >= 4 is 11.9 Å². The van der Waals surface area contributed by atoms with E-state index in [1.54, 1.807) is 4.90 Å². The van der Waals surface area contributed by atoms with Gasteiger partial charge in [0.2, 0.25) is 5.91 Å². The number of nitrogens with zero attached hydrogens (tertiary/aromatic N) is 1. The minimum Gasteiger partial charge on any atom is -0.480 e. The van der Waals surface area contributed by atoms with Crippen molar-refractivity contribution in [2.45, 2.75) is 38.1 Å². The lowest BCUT2D eigenvalue weighted by atomic mass is 9.94. The molecule has 2 rings (SSSR count). The monoisotopic (exact) mass is 240 g/mol. The van der Waals surface area contributed by atoms with Crippen LogP contribution in [0.3, 0.4) is 0 Å². The summed E-state index contributed by atoms with van der Waals surface area (Å²) >= 11 is 0. The SMILES string of the molecule is O=C(O)C1CCCCN1C(=O)[C@H]1CCCNC1.